The van der Waals surface area contributed by atoms with Crippen LogP contribution in [0.15, 0.2) is 18.3 Å². The van der Waals surface area contributed by atoms with Crippen LogP contribution in [0.5, 0.6) is 0 Å². The van der Waals surface area contributed by atoms with Crippen LogP contribution in [0, 0.1) is 12.8 Å². The molecule has 0 fully saturated rings. The molecule has 3 aromatic heterocycles. The van der Waals surface area contributed by atoms with Gasteiger partial charge >= 0.3 is 0 Å². The summed E-state index contributed by atoms with van der Waals surface area (Å²) in [4.78, 5) is 16.1. The molecule has 0 aliphatic rings. The van der Waals surface area contributed by atoms with Crippen molar-refractivity contribution in [3.63, 3.8) is 0 Å². The van der Waals surface area contributed by atoms with Gasteiger partial charge < -0.3 is 19.7 Å². The van der Waals surface area contributed by atoms with Gasteiger partial charge in [-0.15, -0.1) is 0 Å². The largest absolute Gasteiger partial charge is 0.380 e. The van der Waals surface area contributed by atoms with Gasteiger partial charge in [0.15, 0.2) is 5.82 Å². The van der Waals surface area contributed by atoms with Crippen LogP contribution in [0.2, 0.25) is 0 Å². The number of anilines is 3. The molecular weight excluding hydrogens is 418 g/mol. The van der Waals surface area contributed by atoms with Gasteiger partial charge in [-0.25, -0.2) is 9.97 Å². The van der Waals surface area contributed by atoms with Crippen molar-refractivity contribution in [1.29, 1.82) is 0 Å². The van der Waals surface area contributed by atoms with Crippen LogP contribution in [-0.4, -0.2) is 64.8 Å². The molecule has 0 saturated carbocycles. The van der Waals surface area contributed by atoms with Crippen LogP contribution in [-0.2, 0) is 22.4 Å². The smallest absolute Gasteiger partial charge is 0.227 e. The first-order valence-electron chi connectivity index (χ1n) is 11.7. The Morgan fingerprint density at radius 1 is 1.15 bits per heavy atom. The van der Waals surface area contributed by atoms with E-state index in [9.17, 15) is 0 Å². The number of aryl methyl sites for hydroxylation is 1. The van der Waals surface area contributed by atoms with Crippen molar-refractivity contribution in [1.82, 2.24) is 24.7 Å². The fourth-order valence-electron chi connectivity index (χ4n) is 3.63. The third kappa shape index (κ3) is 6.17. The SMILES string of the molecule is CCOCCn1nc(CC(OCC)C(C)C)c2nc(N(C)C)nc(Nc3cc(C)ccn3)c21. The summed E-state index contributed by atoms with van der Waals surface area (Å²) in [5, 5.41) is 8.37. The lowest BCUT2D eigenvalue weighted by molar-refractivity contribution is 0.0305. The molecule has 33 heavy (non-hydrogen) atoms. The van der Waals surface area contributed by atoms with Gasteiger partial charge in [-0.2, -0.15) is 10.1 Å². The fraction of sp³-hybridized carbons (Fsp3) is 0.583. The molecule has 1 N–H and O–H groups in total. The van der Waals surface area contributed by atoms with Gasteiger partial charge in [0.05, 0.1) is 24.9 Å². The maximum absolute atomic E-state index is 6.03. The van der Waals surface area contributed by atoms with Gasteiger partial charge in [0.1, 0.15) is 16.9 Å². The van der Waals surface area contributed by atoms with E-state index in [1.54, 1.807) is 6.20 Å². The highest BCUT2D eigenvalue weighted by molar-refractivity contribution is 5.90. The van der Waals surface area contributed by atoms with Crippen molar-refractivity contribution in [3.05, 3.63) is 29.6 Å². The molecule has 3 rings (SSSR count). The Hall–Kier alpha value is -2.78. The lowest BCUT2D eigenvalue weighted by Crippen LogP contribution is -2.23. The number of fused-ring (bicyclic) bond motifs is 1. The summed E-state index contributed by atoms with van der Waals surface area (Å²) in [6.45, 7) is 12.9. The second kappa shape index (κ2) is 11.4. The predicted molar refractivity (Wildman–Crippen MR) is 132 cm³/mol. The zero-order valence-corrected chi connectivity index (χ0v) is 20.9. The molecule has 1 unspecified atom stereocenters. The van der Waals surface area contributed by atoms with Gasteiger partial charge in [-0.1, -0.05) is 13.8 Å². The van der Waals surface area contributed by atoms with Crippen LogP contribution in [0.25, 0.3) is 11.0 Å². The number of ether oxygens (including phenoxy) is 2. The molecule has 0 saturated heterocycles. The Labute approximate surface area is 196 Å². The minimum Gasteiger partial charge on any atom is -0.380 e. The normalized spacial score (nSPS) is 12.5. The number of hydrogen-bond donors (Lipinski definition) is 1. The van der Waals surface area contributed by atoms with E-state index in [1.165, 1.54) is 0 Å². The van der Waals surface area contributed by atoms with Gasteiger partial charge in [0, 0.05) is 39.9 Å². The van der Waals surface area contributed by atoms with Crippen LogP contribution in [0.3, 0.4) is 0 Å². The second-order valence-electron chi connectivity index (χ2n) is 8.62. The topological polar surface area (TPSA) is 90.2 Å². The zero-order valence-electron chi connectivity index (χ0n) is 20.9. The van der Waals surface area contributed by atoms with E-state index < -0.39 is 0 Å². The molecule has 0 aliphatic carbocycles. The minimum absolute atomic E-state index is 0.0565. The van der Waals surface area contributed by atoms with Crippen molar-refractivity contribution in [2.24, 2.45) is 5.92 Å². The molecule has 0 aromatic carbocycles. The van der Waals surface area contributed by atoms with Gasteiger partial charge in [-0.3, -0.25) is 4.68 Å². The lowest BCUT2D eigenvalue weighted by atomic mass is 10.0. The molecule has 9 nitrogen and oxygen atoms in total. The highest BCUT2D eigenvalue weighted by Gasteiger charge is 2.24. The van der Waals surface area contributed by atoms with E-state index in [-0.39, 0.29) is 6.10 Å². The Bertz CT molecular complexity index is 1050. The average Bonchev–Trinajstić information content (AvgIpc) is 3.11. The first-order valence-corrected chi connectivity index (χ1v) is 11.7. The molecule has 180 valence electrons. The summed E-state index contributed by atoms with van der Waals surface area (Å²) in [5.41, 5.74) is 3.69. The summed E-state index contributed by atoms with van der Waals surface area (Å²) in [6, 6.07) is 3.96. The molecular formula is C24H37N7O2. The minimum atomic E-state index is 0.0565. The van der Waals surface area contributed by atoms with E-state index >= 15 is 0 Å². The molecule has 0 bridgehead atoms. The Kier molecular flexibility index (Phi) is 8.57. The summed E-state index contributed by atoms with van der Waals surface area (Å²) >= 11 is 0. The number of nitrogens with zero attached hydrogens (tertiary/aromatic N) is 6. The van der Waals surface area contributed by atoms with Crippen molar-refractivity contribution in [2.45, 2.75) is 53.7 Å². The zero-order chi connectivity index (χ0) is 24.0. The Morgan fingerprint density at radius 2 is 1.94 bits per heavy atom. The van der Waals surface area contributed by atoms with E-state index in [4.69, 9.17) is 24.5 Å². The van der Waals surface area contributed by atoms with E-state index in [0.29, 0.717) is 50.5 Å². The molecule has 1 atom stereocenters. The second-order valence-corrected chi connectivity index (χ2v) is 8.62. The standard InChI is InChI=1S/C24H37N7O2/c1-8-32-13-12-31-22-21(18(29-31)15-19(16(3)4)33-9-2)27-24(30(6)7)28-23(22)26-20-14-17(5)10-11-25-20/h10-11,14,16,19H,8-9,12-13,15H2,1-7H3,(H,25,26,27,28). The lowest BCUT2D eigenvalue weighted by Gasteiger charge is -2.20. The molecule has 0 radical (unpaired) electrons. The Morgan fingerprint density at radius 3 is 2.58 bits per heavy atom. The molecule has 0 spiro atoms. The number of aromatic nitrogens is 5. The number of pyridine rings is 1. The summed E-state index contributed by atoms with van der Waals surface area (Å²) in [7, 11) is 3.87. The van der Waals surface area contributed by atoms with Crippen LogP contribution in [0.4, 0.5) is 17.6 Å². The van der Waals surface area contributed by atoms with Crippen LogP contribution in [0.1, 0.15) is 39.0 Å². The molecule has 0 amide bonds. The highest BCUT2D eigenvalue weighted by atomic mass is 16.5. The molecule has 3 aromatic rings. The van der Waals surface area contributed by atoms with Gasteiger partial charge in [0.2, 0.25) is 5.95 Å². The van der Waals surface area contributed by atoms with Crippen molar-refractivity contribution in [2.75, 3.05) is 44.1 Å². The van der Waals surface area contributed by atoms with Gasteiger partial charge in [0.25, 0.3) is 0 Å². The summed E-state index contributed by atoms with van der Waals surface area (Å²) < 4.78 is 13.6. The van der Waals surface area contributed by atoms with Crippen LogP contribution >= 0.6 is 0 Å². The van der Waals surface area contributed by atoms with Crippen LogP contribution < -0.4 is 10.2 Å². The first kappa shape index (κ1) is 24.9. The number of nitrogens with one attached hydrogen (secondary N) is 1. The maximum Gasteiger partial charge on any atom is 0.227 e. The van der Waals surface area contributed by atoms with Crippen molar-refractivity contribution in [3.8, 4) is 0 Å². The van der Waals surface area contributed by atoms with Crippen molar-refractivity contribution >= 4 is 28.6 Å². The third-order valence-electron chi connectivity index (χ3n) is 5.38. The summed E-state index contributed by atoms with van der Waals surface area (Å²) in [6.07, 6.45) is 2.52. The van der Waals surface area contributed by atoms with E-state index in [0.717, 1.165) is 28.1 Å². The summed E-state index contributed by atoms with van der Waals surface area (Å²) in [5.74, 6) is 2.38. The first-order chi connectivity index (χ1) is 15.8. The van der Waals surface area contributed by atoms with E-state index in [1.807, 2.05) is 56.6 Å². The highest BCUT2D eigenvalue weighted by Crippen LogP contribution is 2.29. The third-order valence-corrected chi connectivity index (χ3v) is 5.38. The molecule has 9 heteroatoms. The maximum atomic E-state index is 6.03. The Balaban J connectivity index is 2.15. The molecule has 0 aliphatic heterocycles. The average molecular weight is 456 g/mol. The van der Waals surface area contributed by atoms with Crippen molar-refractivity contribution < 1.29 is 9.47 Å². The predicted octanol–water partition coefficient (Wildman–Crippen LogP) is 3.98. The van der Waals surface area contributed by atoms with Gasteiger partial charge in [-0.05, 0) is 44.4 Å². The van der Waals surface area contributed by atoms with E-state index in [2.05, 4.69) is 24.1 Å². The number of rotatable bonds is 12. The fourth-order valence-corrected chi connectivity index (χ4v) is 3.63. The monoisotopic (exact) mass is 455 g/mol. The number of hydrogen-bond acceptors (Lipinski definition) is 8. The quantitative estimate of drug-likeness (QED) is 0.410. The molecule has 3 heterocycles.